The number of carbonyl (C=O) groups excluding carboxylic acids is 2. The summed E-state index contributed by atoms with van der Waals surface area (Å²) in [6, 6.07) is 10.9. The summed E-state index contributed by atoms with van der Waals surface area (Å²) in [6.07, 6.45) is 4.30. The number of dihydropyridines is 1. The standard InChI is InChI=1S/C23H25N5O3S/c1-2-31-22(30)15-6-8-16(9-7-15)27-19(29)14-32-21-18(13-25)23(10-4-3-5-11-23)17(12-24)20(26)28-21/h6-9,28H,2-5,10-11,14,26H2,1H3,(H,27,29). The highest BCUT2D eigenvalue weighted by atomic mass is 32.2. The number of ether oxygens (including phenoxy) is 1. The van der Waals surface area contributed by atoms with Gasteiger partial charge >= 0.3 is 5.97 Å². The molecule has 1 aliphatic heterocycles. The highest BCUT2D eigenvalue weighted by Gasteiger charge is 2.45. The number of hydrogen-bond acceptors (Lipinski definition) is 8. The zero-order chi connectivity index (χ0) is 23.1. The number of allylic oxidation sites excluding steroid dienone is 2. The molecule has 1 saturated carbocycles. The number of nitrogens with two attached hydrogens (primary N) is 1. The Hall–Kier alpha value is -3.43. The minimum absolute atomic E-state index is 0.0540. The minimum Gasteiger partial charge on any atom is -0.462 e. The summed E-state index contributed by atoms with van der Waals surface area (Å²) in [6.45, 7) is 2.03. The Morgan fingerprint density at radius 1 is 1.16 bits per heavy atom. The van der Waals surface area contributed by atoms with Crippen molar-refractivity contribution in [2.75, 3.05) is 17.7 Å². The number of carbonyl (C=O) groups is 2. The number of rotatable bonds is 6. The van der Waals surface area contributed by atoms with Gasteiger partial charge in [0.15, 0.2) is 0 Å². The van der Waals surface area contributed by atoms with Crippen LogP contribution < -0.4 is 16.4 Å². The average Bonchev–Trinajstić information content (AvgIpc) is 2.79. The number of nitrogens with one attached hydrogen (secondary N) is 2. The number of hydrogen-bond donors (Lipinski definition) is 3. The van der Waals surface area contributed by atoms with Gasteiger partial charge in [-0.25, -0.2) is 4.79 Å². The highest BCUT2D eigenvalue weighted by Crippen LogP contribution is 2.51. The van der Waals surface area contributed by atoms with Crippen molar-refractivity contribution in [3.05, 3.63) is 51.8 Å². The van der Waals surface area contributed by atoms with E-state index in [1.54, 1.807) is 31.2 Å². The summed E-state index contributed by atoms with van der Waals surface area (Å²) in [5.41, 5.74) is 7.33. The minimum atomic E-state index is -0.668. The van der Waals surface area contributed by atoms with Crippen LogP contribution in [-0.2, 0) is 9.53 Å². The summed E-state index contributed by atoms with van der Waals surface area (Å²) >= 11 is 1.19. The molecule has 1 spiro atoms. The molecule has 9 heteroatoms. The Bertz CT molecular complexity index is 1040. The molecule has 0 unspecified atom stereocenters. The first-order valence-electron chi connectivity index (χ1n) is 10.5. The van der Waals surface area contributed by atoms with Crippen molar-refractivity contribution >= 4 is 29.3 Å². The fourth-order valence-electron chi connectivity index (χ4n) is 4.17. The van der Waals surface area contributed by atoms with Gasteiger partial charge in [-0.3, -0.25) is 4.79 Å². The van der Waals surface area contributed by atoms with Crippen LogP contribution in [0.15, 0.2) is 46.3 Å². The summed E-state index contributed by atoms with van der Waals surface area (Å²) < 4.78 is 4.95. The van der Waals surface area contributed by atoms with Gasteiger partial charge < -0.3 is 21.1 Å². The van der Waals surface area contributed by atoms with Crippen LogP contribution in [0.1, 0.15) is 49.4 Å². The lowest BCUT2D eigenvalue weighted by molar-refractivity contribution is -0.113. The molecule has 0 saturated heterocycles. The molecule has 0 aromatic heterocycles. The number of anilines is 1. The molecule has 0 atom stereocenters. The SMILES string of the molecule is CCOC(=O)c1ccc(NC(=O)CSC2=C(C#N)C3(CCCCC3)C(C#N)=C(N)N2)cc1. The maximum Gasteiger partial charge on any atom is 0.338 e. The summed E-state index contributed by atoms with van der Waals surface area (Å²) in [4.78, 5) is 24.2. The fraction of sp³-hybridized carbons (Fsp3) is 0.391. The molecule has 0 bridgehead atoms. The van der Waals surface area contributed by atoms with E-state index in [0.717, 1.165) is 19.3 Å². The number of thioether (sulfide) groups is 1. The van der Waals surface area contributed by atoms with Crippen molar-refractivity contribution in [2.45, 2.75) is 39.0 Å². The van der Waals surface area contributed by atoms with Crippen LogP contribution >= 0.6 is 11.8 Å². The van der Waals surface area contributed by atoms with Crippen molar-refractivity contribution in [1.82, 2.24) is 5.32 Å². The largest absolute Gasteiger partial charge is 0.462 e. The van der Waals surface area contributed by atoms with E-state index >= 15 is 0 Å². The van der Waals surface area contributed by atoms with Crippen molar-refractivity contribution in [2.24, 2.45) is 11.1 Å². The zero-order valence-electron chi connectivity index (χ0n) is 17.9. The first-order chi connectivity index (χ1) is 15.4. The van der Waals surface area contributed by atoms with Crippen molar-refractivity contribution in [3.63, 3.8) is 0 Å². The Morgan fingerprint density at radius 3 is 2.41 bits per heavy atom. The third-order valence-electron chi connectivity index (χ3n) is 5.66. The molecule has 1 amide bonds. The number of benzene rings is 1. The van der Waals surface area contributed by atoms with Crippen LogP contribution in [0.25, 0.3) is 0 Å². The van der Waals surface area contributed by atoms with Crippen LogP contribution in [0.5, 0.6) is 0 Å². The van der Waals surface area contributed by atoms with E-state index in [4.69, 9.17) is 10.5 Å². The molecular formula is C23H25N5O3S. The molecular weight excluding hydrogens is 426 g/mol. The number of nitrogens with zero attached hydrogens (tertiary/aromatic N) is 2. The molecule has 1 aliphatic carbocycles. The molecule has 1 aromatic carbocycles. The average molecular weight is 452 g/mol. The van der Waals surface area contributed by atoms with Crippen molar-refractivity contribution < 1.29 is 14.3 Å². The quantitative estimate of drug-likeness (QED) is 0.558. The molecule has 3 rings (SSSR count). The van der Waals surface area contributed by atoms with E-state index in [2.05, 4.69) is 22.8 Å². The topological polar surface area (TPSA) is 141 Å². The summed E-state index contributed by atoms with van der Waals surface area (Å²) in [7, 11) is 0. The second-order valence-electron chi connectivity index (χ2n) is 7.62. The Kier molecular flexibility index (Phi) is 7.45. The van der Waals surface area contributed by atoms with Gasteiger partial charge in [0.1, 0.15) is 5.82 Å². The Labute approximate surface area is 191 Å². The maximum absolute atomic E-state index is 12.5. The smallest absolute Gasteiger partial charge is 0.338 e. The van der Waals surface area contributed by atoms with Crippen LogP contribution in [-0.4, -0.2) is 24.2 Å². The van der Waals surface area contributed by atoms with Gasteiger partial charge in [-0.05, 0) is 44.0 Å². The van der Waals surface area contributed by atoms with Gasteiger partial charge in [0.05, 0.1) is 46.2 Å². The first kappa shape index (κ1) is 23.2. The zero-order valence-corrected chi connectivity index (χ0v) is 18.7. The molecule has 2 aliphatic rings. The van der Waals surface area contributed by atoms with Gasteiger partial charge in [0.2, 0.25) is 5.91 Å². The third kappa shape index (κ3) is 4.74. The van der Waals surface area contributed by atoms with Crippen LogP contribution in [0.3, 0.4) is 0 Å². The van der Waals surface area contributed by atoms with Crippen LogP contribution in [0.4, 0.5) is 5.69 Å². The second-order valence-corrected chi connectivity index (χ2v) is 8.60. The lowest BCUT2D eigenvalue weighted by Crippen LogP contribution is -2.39. The van der Waals surface area contributed by atoms with E-state index in [9.17, 15) is 20.1 Å². The summed E-state index contributed by atoms with van der Waals surface area (Å²) in [5.74, 6) is -0.375. The number of amides is 1. The van der Waals surface area contributed by atoms with E-state index in [1.165, 1.54) is 11.8 Å². The fourth-order valence-corrected chi connectivity index (χ4v) is 5.09. The van der Waals surface area contributed by atoms with Crippen LogP contribution in [0, 0.1) is 28.1 Å². The molecule has 1 heterocycles. The Morgan fingerprint density at radius 2 is 1.81 bits per heavy atom. The monoisotopic (exact) mass is 451 g/mol. The Balaban J connectivity index is 1.70. The van der Waals surface area contributed by atoms with Crippen molar-refractivity contribution in [3.8, 4) is 12.1 Å². The van der Waals surface area contributed by atoms with Gasteiger partial charge in [-0.1, -0.05) is 31.0 Å². The van der Waals surface area contributed by atoms with E-state index < -0.39 is 11.4 Å². The summed E-state index contributed by atoms with van der Waals surface area (Å²) in [5, 5.41) is 25.9. The van der Waals surface area contributed by atoms with Crippen molar-refractivity contribution in [1.29, 1.82) is 10.5 Å². The highest BCUT2D eigenvalue weighted by molar-refractivity contribution is 8.03. The predicted octanol–water partition coefficient (Wildman–Crippen LogP) is 3.52. The van der Waals surface area contributed by atoms with Gasteiger partial charge in [-0.2, -0.15) is 10.5 Å². The van der Waals surface area contributed by atoms with E-state index in [0.29, 0.717) is 46.9 Å². The van der Waals surface area contributed by atoms with Gasteiger partial charge in [-0.15, -0.1) is 0 Å². The first-order valence-corrected chi connectivity index (χ1v) is 11.5. The molecule has 166 valence electrons. The number of esters is 1. The maximum atomic E-state index is 12.5. The molecule has 32 heavy (non-hydrogen) atoms. The lowest BCUT2D eigenvalue weighted by Gasteiger charge is -2.40. The van der Waals surface area contributed by atoms with E-state index in [1.807, 2.05) is 0 Å². The third-order valence-corrected chi connectivity index (χ3v) is 6.66. The molecule has 8 nitrogen and oxygen atoms in total. The molecule has 0 radical (unpaired) electrons. The lowest BCUT2D eigenvalue weighted by atomic mass is 9.64. The normalized spacial score (nSPS) is 17.2. The second kappa shape index (κ2) is 10.3. The van der Waals surface area contributed by atoms with Gasteiger partial charge in [0, 0.05) is 11.1 Å². The number of nitriles is 2. The molecule has 1 aromatic rings. The molecule has 4 N–H and O–H groups in total. The molecule has 1 fully saturated rings. The van der Waals surface area contributed by atoms with Crippen LogP contribution in [0.2, 0.25) is 0 Å². The van der Waals surface area contributed by atoms with E-state index in [-0.39, 0.29) is 17.5 Å². The predicted molar refractivity (Wildman–Crippen MR) is 122 cm³/mol. The van der Waals surface area contributed by atoms with Gasteiger partial charge in [0.25, 0.3) is 0 Å².